The van der Waals surface area contributed by atoms with Crippen LogP contribution in [0.1, 0.15) is 38.5 Å². The first-order chi connectivity index (χ1) is 9.31. The Morgan fingerprint density at radius 2 is 2.00 bits per heavy atom. The van der Waals surface area contributed by atoms with Gasteiger partial charge in [-0.05, 0) is 45.1 Å². The fraction of sp³-hybridized carbons (Fsp3) is 0.933. The van der Waals surface area contributed by atoms with Crippen LogP contribution in [0.3, 0.4) is 0 Å². The van der Waals surface area contributed by atoms with Crippen LogP contribution in [0, 0.1) is 5.92 Å². The highest BCUT2D eigenvalue weighted by Gasteiger charge is 2.41. The number of nitrogens with zero attached hydrogens (tertiary/aromatic N) is 1. The normalized spacial score (nSPS) is 36.2. The first-order valence-electron chi connectivity index (χ1n) is 7.72. The van der Waals surface area contributed by atoms with E-state index in [0.29, 0.717) is 6.04 Å². The minimum absolute atomic E-state index is 0.0648. The van der Waals surface area contributed by atoms with Gasteiger partial charge in [0, 0.05) is 38.3 Å². The van der Waals surface area contributed by atoms with Gasteiger partial charge in [-0.3, -0.25) is 4.90 Å². The summed E-state index contributed by atoms with van der Waals surface area (Å²) in [6.07, 6.45) is 7.70. The summed E-state index contributed by atoms with van der Waals surface area (Å²) in [5.74, 6) is 0.252. The second kappa shape index (κ2) is 5.90. The van der Waals surface area contributed by atoms with Crippen molar-refractivity contribution in [1.82, 2.24) is 4.90 Å². The Morgan fingerprint density at radius 1 is 1.16 bits per heavy atom. The Morgan fingerprint density at radius 3 is 2.79 bits per heavy atom. The van der Waals surface area contributed by atoms with E-state index >= 15 is 0 Å². The third-order valence-electron chi connectivity index (χ3n) is 5.07. The van der Waals surface area contributed by atoms with E-state index in [-0.39, 0.29) is 11.5 Å². The van der Waals surface area contributed by atoms with E-state index in [1.165, 1.54) is 0 Å². The third kappa shape index (κ3) is 3.01. The van der Waals surface area contributed by atoms with Gasteiger partial charge in [-0.15, -0.1) is 0 Å². The Balaban J connectivity index is 1.62. The molecule has 3 saturated heterocycles. The number of aldehydes is 1. The maximum Gasteiger partial charge on any atom is 0.124 e. The molecule has 0 saturated carbocycles. The van der Waals surface area contributed by atoms with Crippen LogP contribution < -0.4 is 0 Å². The van der Waals surface area contributed by atoms with Crippen molar-refractivity contribution in [3.8, 4) is 0 Å². The van der Waals surface area contributed by atoms with Gasteiger partial charge in [0.2, 0.25) is 0 Å². The van der Waals surface area contributed by atoms with Gasteiger partial charge in [-0.25, -0.2) is 0 Å². The third-order valence-corrected chi connectivity index (χ3v) is 5.07. The number of hydrogen-bond acceptors (Lipinski definition) is 4. The van der Waals surface area contributed by atoms with Crippen molar-refractivity contribution in [2.24, 2.45) is 5.92 Å². The van der Waals surface area contributed by atoms with Crippen molar-refractivity contribution >= 4 is 6.29 Å². The number of likely N-dealkylation sites (tertiary alicyclic amines) is 1. The zero-order chi connectivity index (χ0) is 13.1. The van der Waals surface area contributed by atoms with Crippen molar-refractivity contribution < 1.29 is 14.3 Å². The number of hydrogen-bond donors (Lipinski definition) is 0. The van der Waals surface area contributed by atoms with Crippen LogP contribution in [-0.2, 0) is 14.3 Å². The topological polar surface area (TPSA) is 38.8 Å². The quantitative estimate of drug-likeness (QED) is 0.713. The summed E-state index contributed by atoms with van der Waals surface area (Å²) in [6.45, 7) is 4.66. The van der Waals surface area contributed by atoms with Gasteiger partial charge in [0.15, 0.2) is 0 Å². The molecule has 0 radical (unpaired) electrons. The summed E-state index contributed by atoms with van der Waals surface area (Å²) in [5, 5.41) is 0. The van der Waals surface area contributed by atoms with Gasteiger partial charge >= 0.3 is 0 Å². The van der Waals surface area contributed by atoms with Crippen LogP contribution >= 0.6 is 0 Å². The molecule has 3 fully saturated rings. The van der Waals surface area contributed by atoms with Gasteiger partial charge in [-0.2, -0.15) is 0 Å². The average molecular weight is 267 g/mol. The van der Waals surface area contributed by atoms with E-state index in [4.69, 9.17) is 9.47 Å². The van der Waals surface area contributed by atoms with Gasteiger partial charge < -0.3 is 14.3 Å². The molecule has 0 aromatic heterocycles. The summed E-state index contributed by atoms with van der Waals surface area (Å²) in [4.78, 5) is 13.6. The molecular formula is C15H25NO3. The smallest absolute Gasteiger partial charge is 0.124 e. The fourth-order valence-corrected chi connectivity index (χ4v) is 3.89. The van der Waals surface area contributed by atoms with Gasteiger partial charge in [0.05, 0.1) is 5.60 Å². The highest BCUT2D eigenvalue weighted by atomic mass is 16.5. The standard InChI is InChI=1S/C15H25NO3/c17-12-13-2-1-6-16(11-13)14-3-7-19-15(10-14)4-8-18-9-5-15/h12-14H,1-11H2. The molecule has 3 rings (SSSR count). The minimum atomic E-state index is 0.0648. The second-order valence-electron chi connectivity index (χ2n) is 6.32. The molecule has 1 spiro atoms. The second-order valence-corrected chi connectivity index (χ2v) is 6.32. The Bertz CT molecular complexity index is 309. The van der Waals surface area contributed by atoms with Crippen LogP contribution in [0.4, 0.5) is 0 Å². The molecule has 2 unspecified atom stereocenters. The molecule has 0 aromatic carbocycles. The molecule has 3 heterocycles. The first kappa shape index (κ1) is 13.5. The summed E-state index contributed by atoms with van der Waals surface area (Å²) < 4.78 is 11.6. The monoisotopic (exact) mass is 267 g/mol. The maximum atomic E-state index is 11.0. The molecule has 2 atom stereocenters. The maximum absolute atomic E-state index is 11.0. The SMILES string of the molecule is O=CC1CCCN(C2CCOC3(CCOCC3)C2)C1. The minimum Gasteiger partial charge on any atom is -0.381 e. The highest BCUT2D eigenvalue weighted by molar-refractivity contribution is 5.53. The van der Waals surface area contributed by atoms with Gasteiger partial charge in [0.25, 0.3) is 0 Å². The van der Waals surface area contributed by atoms with Crippen LogP contribution in [0.5, 0.6) is 0 Å². The van der Waals surface area contributed by atoms with Gasteiger partial charge in [-0.1, -0.05) is 0 Å². The van der Waals surface area contributed by atoms with Crippen LogP contribution in [0.15, 0.2) is 0 Å². The van der Waals surface area contributed by atoms with Gasteiger partial charge in [0.1, 0.15) is 6.29 Å². The summed E-state index contributed by atoms with van der Waals surface area (Å²) in [5.41, 5.74) is 0.0648. The lowest BCUT2D eigenvalue weighted by Crippen LogP contribution is -2.53. The van der Waals surface area contributed by atoms with Crippen LogP contribution in [-0.4, -0.2) is 55.7 Å². The van der Waals surface area contributed by atoms with E-state index < -0.39 is 0 Å². The zero-order valence-corrected chi connectivity index (χ0v) is 11.7. The largest absolute Gasteiger partial charge is 0.381 e. The molecule has 3 aliphatic rings. The molecule has 0 aliphatic carbocycles. The van der Waals surface area contributed by atoms with Crippen molar-refractivity contribution in [2.45, 2.75) is 50.2 Å². The number of carbonyl (C=O) groups is 1. The lowest BCUT2D eigenvalue weighted by molar-refractivity contribution is -0.153. The number of ether oxygens (including phenoxy) is 2. The molecule has 4 heteroatoms. The number of rotatable bonds is 2. The average Bonchev–Trinajstić information content (AvgIpc) is 2.48. The molecule has 0 amide bonds. The molecule has 0 N–H and O–H groups in total. The Hall–Kier alpha value is -0.450. The highest BCUT2D eigenvalue weighted by Crippen LogP contribution is 2.36. The lowest BCUT2D eigenvalue weighted by atomic mass is 9.82. The summed E-state index contributed by atoms with van der Waals surface area (Å²) in [7, 11) is 0. The van der Waals surface area contributed by atoms with Crippen LogP contribution in [0.25, 0.3) is 0 Å². The summed E-state index contributed by atoms with van der Waals surface area (Å²) >= 11 is 0. The molecule has 0 aromatic rings. The lowest BCUT2D eigenvalue weighted by Gasteiger charge is -2.47. The van der Waals surface area contributed by atoms with Crippen LogP contribution in [0.2, 0.25) is 0 Å². The van der Waals surface area contributed by atoms with E-state index in [0.717, 1.165) is 77.7 Å². The van der Waals surface area contributed by atoms with Crippen molar-refractivity contribution in [1.29, 1.82) is 0 Å². The molecular weight excluding hydrogens is 242 g/mol. The number of piperidine rings is 1. The zero-order valence-electron chi connectivity index (χ0n) is 11.7. The van der Waals surface area contributed by atoms with Crippen molar-refractivity contribution in [3.05, 3.63) is 0 Å². The molecule has 0 bridgehead atoms. The van der Waals surface area contributed by atoms with Crippen molar-refractivity contribution in [2.75, 3.05) is 32.9 Å². The van der Waals surface area contributed by atoms with Crippen molar-refractivity contribution in [3.63, 3.8) is 0 Å². The molecule has 3 aliphatic heterocycles. The molecule has 19 heavy (non-hydrogen) atoms. The number of carbonyl (C=O) groups excluding carboxylic acids is 1. The van der Waals surface area contributed by atoms with E-state index in [2.05, 4.69) is 4.90 Å². The first-order valence-corrected chi connectivity index (χ1v) is 7.72. The Labute approximate surface area is 115 Å². The summed E-state index contributed by atoms with van der Waals surface area (Å²) in [6, 6.07) is 0.606. The predicted molar refractivity (Wildman–Crippen MR) is 72.1 cm³/mol. The Kier molecular flexibility index (Phi) is 4.20. The van der Waals surface area contributed by atoms with E-state index in [1.807, 2.05) is 0 Å². The molecule has 4 nitrogen and oxygen atoms in total. The molecule has 108 valence electrons. The van der Waals surface area contributed by atoms with E-state index in [9.17, 15) is 4.79 Å². The fourth-order valence-electron chi connectivity index (χ4n) is 3.89. The predicted octanol–water partition coefficient (Wildman–Crippen LogP) is 1.63. The van der Waals surface area contributed by atoms with E-state index in [1.54, 1.807) is 0 Å².